The maximum Gasteiger partial charge on any atom is 0.418 e. The minimum Gasteiger partial charge on any atom is -0.410 e. The maximum absolute atomic E-state index is 12.6. The molecule has 1 unspecified atom stereocenters. The second kappa shape index (κ2) is 7.89. The molecule has 144 valence electrons. The van der Waals surface area contributed by atoms with Gasteiger partial charge in [-0.2, -0.15) is 5.10 Å². The number of hydrogen-bond acceptors (Lipinski definition) is 3. The molecule has 2 aromatic carbocycles. The molecule has 1 aliphatic rings. The Morgan fingerprint density at radius 3 is 2.79 bits per heavy atom. The van der Waals surface area contributed by atoms with Gasteiger partial charge in [0.2, 0.25) is 0 Å². The highest BCUT2D eigenvalue weighted by Gasteiger charge is 2.24. The standard InChI is InChI=1S/C23H25N3O2/c1-3-16(2)17-9-7-12-19(15-17)28-23(27)24-22-20-13-8-14-21(20)25-26(22)18-10-5-4-6-11-18/h4-7,9-12,15-16H,3,8,13-14H2,1-2H3,(H,24,27). The number of para-hydroxylation sites is 1. The number of nitrogens with one attached hydrogen (secondary N) is 1. The predicted molar refractivity (Wildman–Crippen MR) is 110 cm³/mol. The molecular formula is C23H25N3O2. The molecule has 1 aliphatic carbocycles. The van der Waals surface area contributed by atoms with Crippen molar-refractivity contribution in [3.8, 4) is 11.4 Å². The third-order valence-electron chi connectivity index (χ3n) is 5.38. The Hall–Kier alpha value is -3.08. The first-order valence-electron chi connectivity index (χ1n) is 9.90. The summed E-state index contributed by atoms with van der Waals surface area (Å²) in [4.78, 5) is 12.6. The maximum atomic E-state index is 12.6. The lowest BCUT2D eigenvalue weighted by molar-refractivity contribution is 0.215. The molecule has 5 nitrogen and oxygen atoms in total. The second-order valence-electron chi connectivity index (χ2n) is 7.27. The number of carbonyl (C=O) groups excluding carboxylic acids is 1. The fourth-order valence-corrected chi connectivity index (χ4v) is 3.63. The summed E-state index contributed by atoms with van der Waals surface area (Å²) in [6.45, 7) is 4.32. The summed E-state index contributed by atoms with van der Waals surface area (Å²) in [7, 11) is 0. The number of anilines is 1. The quantitative estimate of drug-likeness (QED) is 0.642. The first-order valence-corrected chi connectivity index (χ1v) is 9.90. The molecule has 5 heteroatoms. The van der Waals surface area contributed by atoms with Gasteiger partial charge in [0.15, 0.2) is 0 Å². The van der Waals surface area contributed by atoms with E-state index in [2.05, 4.69) is 25.2 Å². The molecule has 0 fully saturated rings. The molecule has 1 N–H and O–H groups in total. The highest BCUT2D eigenvalue weighted by atomic mass is 16.6. The van der Waals surface area contributed by atoms with Crippen molar-refractivity contribution in [1.82, 2.24) is 9.78 Å². The van der Waals surface area contributed by atoms with Gasteiger partial charge in [-0.3, -0.25) is 5.32 Å². The number of rotatable bonds is 5. The van der Waals surface area contributed by atoms with Crippen LogP contribution in [0, 0.1) is 0 Å². The number of amides is 1. The number of benzene rings is 2. The molecule has 1 amide bonds. The molecule has 0 bridgehead atoms. The van der Waals surface area contributed by atoms with Crippen molar-refractivity contribution in [2.45, 2.75) is 45.4 Å². The molecule has 1 aromatic heterocycles. The Morgan fingerprint density at radius 2 is 2.00 bits per heavy atom. The summed E-state index contributed by atoms with van der Waals surface area (Å²) in [6, 6.07) is 17.6. The van der Waals surface area contributed by atoms with Crippen molar-refractivity contribution in [1.29, 1.82) is 0 Å². The highest BCUT2D eigenvalue weighted by Crippen LogP contribution is 2.31. The van der Waals surface area contributed by atoms with Crippen molar-refractivity contribution in [2.24, 2.45) is 0 Å². The van der Waals surface area contributed by atoms with Crippen LogP contribution < -0.4 is 10.1 Å². The molecule has 0 aliphatic heterocycles. The van der Waals surface area contributed by atoms with Gasteiger partial charge in [-0.15, -0.1) is 0 Å². The van der Waals surface area contributed by atoms with Gasteiger partial charge < -0.3 is 4.74 Å². The van der Waals surface area contributed by atoms with E-state index in [0.29, 0.717) is 17.5 Å². The van der Waals surface area contributed by atoms with Crippen molar-refractivity contribution >= 4 is 11.9 Å². The summed E-state index contributed by atoms with van der Waals surface area (Å²) < 4.78 is 7.39. The lowest BCUT2D eigenvalue weighted by Crippen LogP contribution is -2.20. The second-order valence-corrected chi connectivity index (χ2v) is 7.27. The van der Waals surface area contributed by atoms with E-state index >= 15 is 0 Å². The van der Waals surface area contributed by atoms with Crippen molar-refractivity contribution in [3.05, 3.63) is 71.4 Å². The molecule has 1 atom stereocenters. The van der Waals surface area contributed by atoms with Crippen LogP contribution in [0.1, 0.15) is 49.4 Å². The Balaban J connectivity index is 1.57. The average molecular weight is 375 g/mol. The number of carbonyl (C=O) groups is 1. The molecular weight excluding hydrogens is 350 g/mol. The zero-order valence-corrected chi connectivity index (χ0v) is 16.3. The third kappa shape index (κ3) is 3.65. The fraction of sp³-hybridized carbons (Fsp3) is 0.304. The van der Waals surface area contributed by atoms with Crippen molar-refractivity contribution in [2.75, 3.05) is 5.32 Å². The molecule has 0 radical (unpaired) electrons. The topological polar surface area (TPSA) is 56.1 Å². The number of aromatic nitrogens is 2. The average Bonchev–Trinajstić information content (AvgIpc) is 3.31. The van der Waals surface area contributed by atoms with Gasteiger partial charge in [-0.1, -0.05) is 44.2 Å². The van der Waals surface area contributed by atoms with E-state index in [4.69, 9.17) is 9.84 Å². The normalized spacial score (nSPS) is 13.8. The number of aryl methyl sites for hydroxylation is 1. The van der Waals surface area contributed by atoms with E-state index < -0.39 is 6.09 Å². The van der Waals surface area contributed by atoms with Gasteiger partial charge in [0.25, 0.3) is 0 Å². The van der Waals surface area contributed by atoms with Crippen LogP contribution in [0.2, 0.25) is 0 Å². The Morgan fingerprint density at radius 1 is 1.18 bits per heavy atom. The summed E-state index contributed by atoms with van der Waals surface area (Å²) in [5.74, 6) is 1.69. The summed E-state index contributed by atoms with van der Waals surface area (Å²) in [5.41, 5.74) is 4.25. The van der Waals surface area contributed by atoms with Gasteiger partial charge in [0.05, 0.1) is 11.4 Å². The van der Waals surface area contributed by atoms with Gasteiger partial charge in [0.1, 0.15) is 11.6 Å². The summed E-state index contributed by atoms with van der Waals surface area (Å²) in [6.07, 6.45) is 3.47. The van der Waals surface area contributed by atoms with Gasteiger partial charge in [-0.05, 0) is 61.4 Å². The number of hydrogen-bond donors (Lipinski definition) is 1. The van der Waals surface area contributed by atoms with E-state index in [1.165, 1.54) is 5.56 Å². The van der Waals surface area contributed by atoms with E-state index in [0.717, 1.165) is 42.6 Å². The number of nitrogens with zero attached hydrogens (tertiary/aromatic N) is 2. The molecule has 3 aromatic rings. The van der Waals surface area contributed by atoms with Crippen LogP contribution >= 0.6 is 0 Å². The number of fused-ring (bicyclic) bond motifs is 1. The van der Waals surface area contributed by atoms with Gasteiger partial charge in [0, 0.05) is 5.56 Å². The zero-order valence-electron chi connectivity index (χ0n) is 16.3. The highest BCUT2D eigenvalue weighted by molar-refractivity contribution is 5.87. The van der Waals surface area contributed by atoms with E-state index in [-0.39, 0.29) is 0 Å². The molecule has 0 spiro atoms. The third-order valence-corrected chi connectivity index (χ3v) is 5.38. The van der Waals surface area contributed by atoms with Crippen LogP contribution in [-0.4, -0.2) is 15.9 Å². The molecule has 0 saturated heterocycles. The Labute approximate surface area is 165 Å². The van der Waals surface area contributed by atoms with Crippen LogP contribution in [0.25, 0.3) is 5.69 Å². The fourth-order valence-electron chi connectivity index (χ4n) is 3.63. The Kier molecular flexibility index (Phi) is 5.15. The molecule has 28 heavy (non-hydrogen) atoms. The van der Waals surface area contributed by atoms with Crippen LogP contribution in [0.4, 0.5) is 10.6 Å². The minimum atomic E-state index is -0.493. The van der Waals surface area contributed by atoms with Gasteiger partial charge >= 0.3 is 6.09 Å². The summed E-state index contributed by atoms with van der Waals surface area (Å²) in [5, 5.41) is 7.66. The molecule has 1 heterocycles. The van der Waals surface area contributed by atoms with Crippen LogP contribution in [0.3, 0.4) is 0 Å². The van der Waals surface area contributed by atoms with Crippen molar-refractivity contribution in [3.63, 3.8) is 0 Å². The SMILES string of the molecule is CCC(C)c1cccc(OC(=O)Nc2c3c(nn2-c2ccccc2)CCC3)c1. The molecule has 4 rings (SSSR count). The van der Waals surface area contributed by atoms with E-state index in [1.807, 2.05) is 48.5 Å². The number of ether oxygens (including phenoxy) is 1. The lowest BCUT2D eigenvalue weighted by Gasteiger charge is -2.13. The smallest absolute Gasteiger partial charge is 0.410 e. The first-order chi connectivity index (χ1) is 13.7. The zero-order chi connectivity index (χ0) is 19.5. The first kappa shape index (κ1) is 18.3. The monoisotopic (exact) mass is 375 g/mol. The van der Waals surface area contributed by atoms with Crippen LogP contribution in [0.15, 0.2) is 54.6 Å². The van der Waals surface area contributed by atoms with Crippen molar-refractivity contribution < 1.29 is 9.53 Å². The van der Waals surface area contributed by atoms with Crippen LogP contribution in [-0.2, 0) is 12.8 Å². The predicted octanol–water partition coefficient (Wildman–Crippen LogP) is 5.49. The summed E-state index contributed by atoms with van der Waals surface area (Å²) >= 11 is 0. The van der Waals surface area contributed by atoms with Gasteiger partial charge in [-0.25, -0.2) is 9.48 Å². The Bertz CT molecular complexity index is 979. The largest absolute Gasteiger partial charge is 0.418 e. The lowest BCUT2D eigenvalue weighted by atomic mass is 9.99. The van der Waals surface area contributed by atoms with E-state index in [1.54, 1.807) is 4.68 Å². The molecule has 0 saturated carbocycles. The van der Waals surface area contributed by atoms with E-state index in [9.17, 15) is 4.79 Å². The van der Waals surface area contributed by atoms with Crippen LogP contribution in [0.5, 0.6) is 5.75 Å². The minimum absolute atomic E-state index is 0.425.